The molecule has 2 fully saturated rings. The summed E-state index contributed by atoms with van der Waals surface area (Å²) in [4.78, 5) is 40.2. The topological polar surface area (TPSA) is 54.5 Å². The van der Waals surface area contributed by atoms with Crippen molar-refractivity contribution in [1.82, 2.24) is 4.90 Å². The van der Waals surface area contributed by atoms with Gasteiger partial charge in [0.15, 0.2) is 5.78 Å². The van der Waals surface area contributed by atoms with E-state index in [4.69, 9.17) is 0 Å². The number of carbonyl (C=O) groups excluding carboxylic acids is 3. The molecule has 2 heterocycles. The minimum atomic E-state index is -1.20. The van der Waals surface area contributed by atoms with Crippen molar-refractivity contribution in [3.63, 3.8) is 0 Å². The smallest absolute Gasteiger partial charge is 0.294 e. The van der Waals surface area contributed by atoms with Crippen molar-refractivity contribution in [2.75, 3.05) is 0 Å². The van der Waals surface area contributed by atoms with Gasteiger partial charge in [0.25, 0.3) is 11.1 Å². The van der Waals surface area contributed by atoms with Crippen molar-refractivity contribution in [3.8, 4) is 0 Å². The number of benzene rings is 1. The van der Waals surface area contributed by atoms with Crippen LogP contribution in [-0.4, -0.2) is 21.8 Å². The zero-order valence-corrected chi connectivity index (χ0v) is 15.2. The monoisotopic (exact) mass is 387 g/mol. The molecule has 0 spiro atoms. The van der Waals surface area contributed by atoms with Gasteiger partial charge in [-0.15, -0.1) is 11.3 Å². The molecule has 7 heteroatoms. The molecule has 1 aliphatic heterocycles. The molecule has 1 saturated carbocycles. The van der Waals surface area contributed by atoms with Crippen LogP contribution in [0.5, 0.6) is 0 Å². The van der Waals surface area contributed by atoms with Crippen molar-refractivity contribution in [1.29, 1.82) is 0 Å². The van der Waals surface area contributed by atoms with Crippen LogP contribution in [0.3, 0.4) is 0 Å². The zero-order chi connectivity index (χ0) is 18.3. The molecule has 2 aliphatic rings. The van der Waals surface area contributed by atoms with Crippen molar-refractivity contribution >= 4 is 46.1 Å². The molecular weight excluding hydrogens is 373 g/mol. The number of imide groups is 1. The Bertz CT molecular complexity index is 919. The summed E-state index contributed by atoms with van der Waals surface area (Å²) >= 11 is 2.23. The Kier molecular flexibility index (Phi) is 4.50. The lowest BCUT2D eigenvalue weighted by Crippen LogP contribution is -2.38. The van der Waals surface area contributed by atoms with Crippen LogP contribution in [0.1, 0.15) is 29.3 Å². The van der Waals surface area contributed by atoms with E-state index in [-0.39, 0.29) is 22.2 Å². The Morgan fingerprint density at radius 3 is 2.62 bits per heavy atom. The molecule has 1 aliphatic carbocycles. The van der Waals surface area contributed by atoms with Gasteiger partial charge in [0.1, 0.15) is 11.9 Å². The lowest BCUT2D eigenvalue weighted by molar-refractivity contribution is -0.133. The van der Waals surface area contributed by atoms with Crippen LogP contribution in [-0.2, 0) is 9.59 Å². The number of amides is 2. The highest BCUT2D eigenvalue weighted by atomic mass is 32.2. The molecule has 4 rings (SSSR count). The molecule has 132 valence electrons. The fraction of sp³-hybridized carbons (Fsp3) is 0.211. The van der Waals surface area contributed by atoms with E-state index in [0.717, 1.165) is 21.5 Å². The minimum absolute atomic E-state index is 0.0732. The van der Waals surface area contributed by atoms with Gasteiger partial charge < -0.3 is 0 Å². The van der Waals surface area contributed by atoms with Crippen LogP contribution in [0.15, 0.2) is 46.7 Å². The summed E-state index contributed by atoms with van der Waals surface area (Å²) in [6, 6.07) is 8.30. The van der Waals surface area contributed by atoms with Crippen molar-refractivity contribution < 1.29 is 18.8 Å². The fourth-order valence-corrected chi connectivity index (χ4v) is 4.49. The standard InChI is InChI=1S/C19H14FNO3S2/c20-14-6-2-1-5-13(14)16(17(22)11-7-8-11)21-18(23)15(26-19(21)24)10-12-4-3-9-25-12/h1-6,9-11,16H,7-8H2/b15-10-. The van der Waals surface area contributed by atoms with Crippen LogP contribution in [0.25, 0.3) is 6.08 Å². The van der Waals surface area contributed by atoms with Crippen LogP contribution in [0, 0.1) is 11.7 Å². The average Bonchev–Trinajstić information content (AvgIpc) is 3.29. The highest BCUT2D eigenvalue weighted by Gasteiger charge is 2.47. The Hall–Kier alpha value is -2.25. The van der Waals surface area contributed by atoms with Gasteiger partial charge in [0, 0.05) is 16.4 Å². The number of thioether (sulfide) groups is 1. The Morgan fingerprint density at radius 1 is 1.19 bits per heavy atom. The fourth-order valence-electron chi connectivity index (χ4n) is 2.91. The second kappa shape index (κ2) is 6.81. The van der Waals surface area contributed by atoms with Gasteiger partial charge in [-0.05, 0) is 48.2 Å². The lowest BCUT2D eigenvalue weighted by Gasteiger charge is -2.25. The summed E-state index contributed by atoms with van der Waals surface area (Å²) in [5.74, 6) is -1.62. The van der Waals surface area contributed by atoms with Crippen LogP contribution < -0.4 is 0 Å². The molecule has 26 heavy (non-hydrogen) atoms. The van der Waals surface area contributed by atoms with Crippen LogP contribution in [0.2, 0.25) is 0 Å². The highest BCUT2D eigenvalue weighted by molar-refractivity contribution is 8.18. The molecule has 1 saturated heterocycles. The third-order valence-electron chi connectivity index (χ3n) is 4.35. The van der Waals surface area contributed by atoms with Crippen molar-refractivity contribution in [2.24, 2.45) is 5.92 Å². The maximum Gasteiger partial charge on any atom is 0.294 e. The van der Waals surface area contributed by atoms with Crippen LogP contribution >= 0.6 is 23.1 Å². The van der Waals surface area contributed by atoms with E-state index in [1.807, 2.05) is 17.5 Å². The normalized spacial score (nSPS) is 20.0. The highest BCUT2D eigenvalue weighted by Crippen LogP contribution is 2.43. The first-order valence-electron chi connectivity index (χ1n) is 8.15. The molecule has 1 unspecified atom stereocenters. The van der Waals surface area contributed by atoms with E-state index in [0.29, 0.717) is 12.8 Å². The molecule has 2 amide bonds. The van der Waals surface area contributed by atoms with E-state index < -0.39 is 23.0 Å². The van der Waals surface area contributed by atoms with E-state index in [1.165, 1.54) is 29.5 Å². The second-order valence-corrected chi connectivity index (χ2v) is 8.14. The molecule has 0 bridgehead atoms. The third-order valence-corrected chi connectivity index (χ3v) is 6.05. The predicted octanol–water partition coefficient (Wildman–Crippen LogP) is 4.64. The van der Waals surface area contributed by atoms with E-state index in [2.05, 4.69) is 0 Å². The van der Waals surface area contributed by atoms with Crippen molar-refractivity contribution in [2.45, 2.75) is 18.9 Å². The molecule has 4 nitrogen and oxygen atoms in total. The number of nitrogens with zero attached hydrogens (tertiary/aromatic N) is 1. The SMILES string of the molecule is O=C(C1CC1)C(c1ccccc1F)N1C(=O)S/C(=C\c2cccs2)C1=O. The van der Waals surface area contributed by atoms with Gasteiger partial charge in [-0.25, -0.2) is 4.39 Å². The van der Waals surface area contributed by atoms with Gasteiger partial charge in [-0.3, -0.25) is 19.3 Å². The van der Waals surface area contributed by atoms with Gasteiger partial charge >= 0.3 is 0 Å². The molecule has 1 atom stereocenters. The van der Waals surface area contributed by atoms with Crippen LogP contribution in [0.4, 0.5) is 9.18 Å². The summed E-state index contributed by atoms with van der Waals surface area (Å²) in [7, 11) is 0. The summed E-state index contributed by atoms with van der Waals surface area (Å²) < 4.78 is 14.4. The summed E-state index contributed by atoms with van der Waals surface area (Å²) in [5.41, 5.74) is 0.0732. The Morgan fingerprint density at radius 2 is 1.96 bits per heavy atom. The largest absolute Gasteiger partial charge is 0.297 e. The number of halogens is 1. The van der Waals surface area contributed by atoms with Gasteiger partial charge in [-0.1, -0.05) is 24.3 Å². The second-order valence-electron chi connectivity index (χ2n) is 6.17. The summed E-state index contributed by atoms with van der Waals surface area (Å²) in [6.45, 7) is 0. The number of ketones is 1. The third kappa shape index (κ3) is 3.12. The molecule has 1 aromatic heterocycles. The molecule has 2 aromatic rings. The molecular formula is C19H14FNO3S2. The van der Waals surface area contributed by atoms with E-state index in [9.17, 15) is 18.8 Å². The first-order chi connectivity index (χ1) is 12.6. The first-order valence-corrected chi connectivity index (χ1v) is 9.84. The minimum Gasteiger partial charge on any atom is -0.297 e. The maximum absolute atomic E-state index is 14.4. The van der Waals surface area contributed by atoms with E-state index in [1.54, 1.807) is 12.1 Å². The van der Waals surface area contributed by atoms with Gasteiger partial charge in [0.2, 0.25) is 0 Å². The molecule has 1 aromatic carbocycles. The number of thiophene rings is 1. The first kappa shape index (κ1) is 17.2. The van der Waals surface area contributed by atoms with Gasteiger partial charge in [-0.2, -0.15) is 0 Å². The zero-order valence-electron chi connectivity index (χ0n) is 13.6. The molecule has 0 radical (unpaired) electrons. The lowest BCUT2D eigenvalue weighted by atomic mass is 9.97. The number of Topliss-reactive ketones (excluding diaryl/α,β-unsaturated/α-hetero) is 1. The molecule has 0 N–H and O–H groups in total. The van der Waals surface area contributed by atoms with Gasteiger partial charge in [0.05, 0.1) is 4.91 Å². The maximum atomic E-state index is 14.4. The average molecular weight is 387 g/mol. The number of hydrogen-bond acceptors (Lipinski definition) is 5. The number of hydrogen-bond donors (Lipinski definition) is 0. The summed E-state index contributed by atoms with van der Waals surface area (Å²) in [5, 5.41) is 1.33. The quantitative estimate of drug-likeness (QED) is 0.701. The van der Waals surface area contributed by atoms with E-state index >= 15 is 0 Å². The number of carbonyl (C=O) groups is 3. The summed E-state index contributed by atoms with van der Waals surface area (Å²) in [6.07, 6.45) is 3.06. The Balaban J connectivity index is 1.74. The van der Waals surface area contributed by atoms with Crippen molar-refractivity contribution in [3.05, 3.63) is 62.9 Å². The predicted molar refractivity (Wildman–Crippen MR) is 99.0 cm³/mol. The number of rotatable bonds is 5. The Labute approximate surface area is 157 Å².